The van der Waals surface area contributed by atoms with Crippen LogP contribution < -0.4 is 0 Å². The standard InChI is InChI=1S/C48H76O5Si2/c1-32-18-22-38(23-19-32)48(27-28-48)44(50)31-42(51-35(4)49)34(3)40-24-25-41-36(17-16-26-47(40,41)11)20-21-37-29-39(52-54(12,13)45(5,6)7)30-43(33(37)2)53-55(14,15)46(8,9)10/h18-23,34,39-43H,2,16-17,24-31H2,1,3-15H3/b36-20+,37-21-/t34-,39+,40+,41-,42?,43-,47+/m0/s1. The van der Waals surface area contributed by atoms with E-state index in [1.54, 1.807) is 0 Å². The highest BCUT2D eigenvalue weighted by atomic mass is 28.4. The molecule has 4 saturated carbocycles. The van der Waals surface area contributed by atoms with Gasteiger partial charge in [0.2, 0.25) is 0 Å². The van der Waals surface area contributed by atoms with Gasteiger partial charge in [-0.25, -0.2) is 0 Å². The average Bonchev–Trinajstić information content (AvgIpc) is 3.79. The van der Waals surface area contributed by atoms with Gasteiger partial charge in [0.15, 0.2) is 16.6 Å². The monoisotopic (exact) mass is 789 g/mol. The van der Waals surface area contributed by atoms with Crippen molar-refractivity contribution in [2.75, 3.05) is 0 Å². The molecule has 7 heteroatoms. The van der Waals surface area contributed by atoms with Crippen LogP contribution in [-0.2, 0) is 28.6 Å². The van der Waals surface area contributed by atoms with E-state index in [0.29, 0.717) is 18.3 Å². The van der Waals surface area contributed by atoms with Crippen LogP contribution in [0.5, 0.6) is 0 Å². The highest BCUT2D eigenvalue weighted by Gasteiger charge is 2.55. The van der Waals surface area contributed by atoms with Crippen molar-refractivity contribution in [3.8, 4) is 0 Å². The van der Waals surface area contributed by atoms with Crippen molar-refractivity contribution in [1.29, 1.82) is 0 Å². The molecule has 0 amide bonds. The summed E-state index contributed by atoms with van der Waals surface area (Å²) in [5, 5.41) is 0.241. The lowest BCUT2D eigenvalue weighted by Gasteiger charge is -2.46. The molecule has 0 spiro atoms. The molecule has 0 N–H and O–H groups in total. The van der Waals surface area contributed by atoms with Crippen molar-refractivity contribution in [1.82, 2.24) is 0 Å². The molecule has 55 heavy (non-hydrogen) atoms. The largest absolute Gasteiger partial charge is 0.462 e. The predicted molar refractivity (Wildman–Crippen MR) is 233 cm³/mol. The van der Waals surface area contributed by atoms with E-state index in [0.717, 1.165) is 68.9 Å². The number of Topliss-reactive ketones (excluding diaryl/α,β-unsaturated/α-hetero) is 1. The third-order valence-corrected chi connectivity index (χ3v) is 24.6. The first-order valence-electron chi connectivity index (χ1n) is 21.5. The molecule has 0 heterocycles. The molecule has 0 saturated heterocycles. The summed E-state index contributed by atoms with van der Waals surface area (Å²) >= 11 is 0. The van der Waals surface area contributed by atoms with Crippen molar-refractivity contribution < 1.29 is 23.2 Å². The Hall–Kier alpha value is -2.07. The molecule has 4 aliphatic rings. The summed E-state index contributed by atoms with van der Waals surface area (Å²) in [5.74, 6) is 0.866. The quantitative estimate of drug-likeness (QED) is 0.156. The molecule has 0 aromatic heterocycles. The number of esters is 1. The molecular formula is C48H76O5Si2. The van der Waals surface area contributed by atoms with E-state index in [-0.39, 0.29) is 45.4 Å². The zero-order valence-corrected chi connectivity index (χ0v) is 39.2. The van der Waals surface area contributed by atoms with Crippen molar-refractivity contribution in [2.45, 2.75) is 193 Å². The third-order valence-electron chi connectivity index (χ3n) is 15.6. The Morgan fingerprint density at radius 1 is 0.927 bits per heavy atom. The van der Waals surface area contributed by atoms with Crippen LogP contribution in [-0.4, -0.2) is 46.7 Å². The van der Waals surface area contributed by atoms with Gasteiger partial charge in [-0.3, -0.25) is 9.59 Å². The van der Waals surface area contributed by atoms with E-state index in [1.807, 2.05) is 0 Å². The normalized spacial score (nSPS) is 29.9. The van der Waals surface area contributed by atoms with Gasteiger partial charge in [0.05, 0.1) is 17.6 Å². The zero-order valence-electron chi connectivity index (χ0n) is 37.2. The lowest BCUT2D eigenvalue weighted by molar-refractivity contribution is -0.153. The third kappa shape index (κ3) is 9.31. The maximum Gasteiger partial charge on any atom is 0.302 e. The minimum atomic E-state index is -2.05. The molecule has 5 rings (SSSR count). The molecule has 5 nitrogen and oxygen atoms in total. The van der Waals surface area contributed by atoms with Crippen LogP contribution in [0.1, 0.15) is 138 Å². The minimum absolute atomic E-state index is 0.0379. The van der Waals surface area contributed by atoms with E-state index in [9.17, 15) is 9.59 Å². The Kier molecular flexibility index (Phi) is 12.8. The fraction of sp³-hybridized carbons (Fsp3) is 0.708. The van der Waals surface area contributed by atoms with Gasteiger partial charge in [-0.2, -0.15) is 0 Å². The van der Waals surface area contributed by atoms with E-state index in [4.69, 9.17) is 20.2 Å². The summed E-state index contributed by atoms with van der Waals surface area (Å²) in [6.07, 6.45) is 13.9. The summed E-state index contributed by atoms with van der Waals surface area (Å²) in [6.45, 7) is 36.3. The van der Waals surface area contributed by atoms with Gasteiger partial charge < -0.3 is 13.6 Å². The Balaban J connectivity index is 1.38. The van der Waals surface area contributed by atoms with Crippen LogP contribution in [0.4, 0.5) is 0 Å². The van der Waals surface area contributed by atoms with Crippen molar-refractivity contribution in [3.63, 3.8) is 0 Å². The van der Waals surface area contributed by atoms with Gasteiger partial charge >= 0.3 is 5.97 Å². The summed E-state index contributed by atoms with van der Waals surface area (Å²) < 4.78 is 20.3. The number of hydrogen-bond acceptors (Lipinski definition) is 5. The Morgan fingerprint density at radius 2 is 1.53 bits per heavy atom. The second-order valence-electron chi connectivity index (χ2n) is 21.4. The Labute approximate surface area is 337 Å². The number of rotatable bonds is 12. The zero-order chi connectivity index (χ0) is 40.9. The van der Waals surface area contributed by atoms with Gasteiger partial charge in [-0.15, -0.1) is 0 Å². The fourth-order valence-electron chi connectivity index (χ4n) is 9.82. The van der Waals surface area contributed by atoms with Crippen LogP contribution in [0.15, 0.2) is 59.7 Å². The number of allylic oxidation sites excluding steroid dienone is 3. The second kappa shape index (κ2) is 15.9. The number of ether oxygens (including phenoxy) is 1. The molecule has 0 radical (unpaired) electrons. The number of hydrogen-bond donors (Lipinski definition) is 0. The smallest absolute Gasteiger partial charge is 0.302 e. The first kappa shape index (κ1) is 44.0. The predicted octanol–water partition coefficient (Wildman–Crippen LogP) is 12.8. The lowest BCUT2D eigenvalue weighted by Crippen LogP contribution is -2.49. The van der Waals surface area contributed by atoms with Crippen LogP contribution >= 0.6 is 0 Å². The molecule has 0 bridgehead atoms. The first-order chi connectivity index (χ1) is 25.3. The van der Waals surface area contributed by atoms with Crippen LogP contribution in [0, 0.1) is 30.1 Å². The Bertz CT molecular complexity index is 1650. The van der Waals surface area contributed by atoms with E-state index in [1.165, 1.54) is 23.6 Å². The van der Waals surface area contributed by atoms with Gasteiger partial charge in [-0.05, 0) is 134 Å². The number of benzene rings is 1. The highest BCUT2D eigenvalue weighted by molar-refractivity contribution is 6.74. The molecule has 4 aliphatic carbocycles. The number of carbonyl (C=O) groups excluding carboxylic acids is 2. The molecule has 1 unspecified atom stereocenters. The van der Waals surface area contributed by atoms with Crippen LogP contribution in [0.25, 0.3) is 0 Å². The maximum atomic E-state index is 14.1. The van der Waals surface area contributed by atoms with Crippen LogP contribution in [0.2, 0.25) is 36.3 Å². The molecule has 1 aromatic carbocycles. The molecule has 1 aromatic rings. The van der Waals surface area contributed by atoms with Crippen molar-refractivity contribution in [2.24, 2.45) is 23.2 Å². The van der Waals surface area contributed by atoms with Gasteiger partial charge in [0.25, 0.3) is 0 Å². The molecule has 0 aliphatic heterocycles. The highest BCUT2D eigenvalue weighted by Crippen LogP contribution is 2.60. The summed E-state index contributed by atoms with van der Waals surface area (Å²) in [7, 11) is -4.04. The van der Waals surface area contributed by atoms with E-state index >= 15 is 0 Å². The molecule has 4 fully saturated rings. The maximum absolute atomic E-state index is 14.1. The lowest BCUT2D eigenvalue weighted by atomic mass is 9.60. The summed E-state index contributed by atoms with van der Waals surface area (Å²) in [4.78, 5) is 26.6. The number of carbonyl (C=O) groups is 2. The topological polar surface area (TPSA) is 61.8 Å². The van der Waals surface area contributed by atoms with E-state index < -0.39 is 28.2 Å². The number of aryl methyl sites for hydroxylation is 1. The molecular weight excluding hydrogens is 713 g/mol. The number of fused-ring (bicyclic) bond motifs is 1. The minimum Gasteiger partial charge on any atom is -0.462 e. The molecule has 7 atom stereocenters. The summed E-state index contributed by atoms with van der Waals surface area (Å²) in [6, 6.07) is 8.44. The SMILES string of the molecule is C=C1/C(=C\C=C2/CCC[C@]3(C)[C@@H]([C@H](C)C(CC(=O)C4(c5ccc(C)cc5)CC4)OC(C)=O)CC[C@@H]23)C[C@@H](O[Si](C)(C)C(C)(C)C)C[C@@H]1O[Si](C)(C)C(C)(C)C. The van der Waals surface area contributed by atoms with Gasteiger partial charge in [-0.1, -0.05) is 110 Å². The van der Waals surface area contributed by atoms with Gasteiger partial charge in [0.1, 0.15) is 11.9 Å². The second-order valence-corrected chi connectivity index (χ2v) is 31.0. The van der Waals surface area contributed by atoms with Crippen LogP contribution in [0.3, 0.4) is 0 Å². The Morgan fingerprint density at radius 3 is 2.09 bits per heavy atom. The molecule has 306 valence electrons. The van der Waals surface area contributed by atoms with Crippen molar-refractivity contribution >= 4 is 28.4 Å². The van der Waals surface area contributed by atoms with E-state index in [2.05, 4.69) is 125 Å². The fourth-order valence-corrected chi connectivity index (χ4v) is 12.5. The number of ketones is 1. The first-order valence-corrected chi connectivity index (χ1v) is 27.3. The van der Waals surface area contributed by atoms with Gasteiger partial charge in [0, 0.05) is 19.8 Å². The average molecular weight is 789 g/mol. The van der Waals surface area contributed by atoms with Crippen molar-refractivity contribution in [3.05, 3.63) is 70.8 Å². The summed E-state index contributed by atoms with van der Waals surface area (Å²) in [5.41, 5.74) is 5.91.